The summed E-state index contributed by atoms with van der Waals surface area (Å²) in [6.45, 7) is 4.63. The molecule has 1 unspecified atom stereocenters. The smallest absolute Gasteiger partial charge is 0.264 e. The summed E-state index contributed by atoms with van der Waals surface area (Å²) in [5.41, 5.74) is 6.89. The second-order valence-corrected chi connectivity index (χ2v) is 16.4. The fourth-order valence-corrected chi connectivity index (χ4v) is 8.72. The van der Waals surface area contributed by atoms with E-state index in [0.29, 0.717) is 42.1 Å². The largest absolute Gasteiger partial charge is 0.493 e. The quantitative estimate of drug-likeness (QED) is 0.0637. The Morgan fingerprint density at radius 1 is 0.922 bits per heavy atom. The predicted octanol–water partition coefficient (Wildman–Crippen LogP) is 3.54. The van der Waals surface area contributed by atoms with Crippen molar-refractivity contribution in [3.05, 3.63) is 99.5 Å². The average Bonchev–Trinajstić information content (AvgIpc) is 4.07. The zero-order valence-electron chi connectivity index (χ0n) is 35.8. The third kappa shape index (κ3) is 9.71. The van der Waals surface area contributed by atoms with Crippen LogP contribution in [0.4, 0.5) is 5.69 Å². The van der Waals surface area contributed by atoms with Crippen LogP contribution in [0, 0.1) is 6.92 Å². The van der Waals surface area contributed by atoms with Crippen LogP contribution in [0.15, 0.2) is 54.7 Å². The number of aryl methyl sites for hydroxylation is 3. The van der Waals surface area contributed by atoms with Gasteiger partial charge < -0.3 is 39.8 Å². The number of hydrogen-bond acceptors (Lipinski definition) is 12. The monoisotopic (exact) mass is 875 g/mol. The summed E-state index contributed by atoms with van der Waals surface area (Å²) in [6.07, 6.45) is 6.72. The molecule has 3 aliphatic heterocycles. The van der Waals surface area contributed by atoms with Gasteiger partial charge in [-0.3, -0.25) is 39.0 Å². The van der Waals surface area contributed by atoms with E-state index in [1.54, 1.807) is 24.3 Å². The maximum atomic E-state index is 13.6. The van der Waals surface area contributed by atoms with E-state index in [2.05, 4.69) is 50.2 Å². The highest BCUT2D eigenvalue weighted by Gasteiger charge is 2.45. The summed E-state index contributed by atoms with van der Waals surface area (Å²) in [7, 11) is 0. The first-order valence-corrected chi connectivity index (χ1v) is 22.0. The first-order valence-electron chi connectivity index (χ1n) is 22.0. The molecule has 17 heteroatoms. The lowest BCUT2D eigenvalue weighted by Crippen LogP contribution is -2.54. The van der Waals surface area contributed by atoms with E-state index >= 15 is 0 Å². The molecule has 5 N–H and O–H groups in total. The van der Waals surface area contributed by atoms with E-state index < -0.39 is 29.7 Å². The van der Waals surface area contributed by atoms with Crippen molar-refractivity contribution in [3.8, 4) is 17.0 Å². The number of ether oxygens (including phenoxy) is 3. The van der Waals surface area contributed by atoms with Crippen molar-refractivity contribution in [2.75, 3.05) is 51.4 Å². The van der Waals surface area contributed by atoms with Crippen LogP contribution in [0.5, 0.6) is 5.75 Å². The number of imide groups is 2. The standard InChI is InChI=1S/C47H53N7O10/c1-28-32(27-55)23-31(44(58)51-35-11-10-29-8-9-30(24-34(29)35)37-26-53-17-3-7-40(53)50-37)25-39(28)64-18-4-15-49-41(56)14-19-62-21-22-63-20-16-48-36-6-2-5-33-43(36)47(61)54(46(33)60)38-12-13-42(57)52-45(38)59/h2,5-6,8-9,23-26,35,38,48,55H,3-4,7,10-22,27H2,1H3,(H,49,56)(H,51,58)(H,52,57,59)/t35-,38?/m1/s1. The van der Waals surface area contributed by atoms with Crippen LogP contribution in [0.2, 0.25) is 0 Å². The number of rotatable bonds is 20. The molecule has 0 bridgehead atoms. The van der Waals surface area contributed by atoms with Gasteiger partial charge in [-0.15, -0.1) is 0 Å². The number of carbonyl (C=O) groups excluding carboxylic acids is 6. The van der Waals surface area contributed by atoms with Gasteiger partial charge in [0.05, 0.1) is 62.5 Å². The molecule has 0 spiro atoms. The molecule has 3 aromatic carbocycles. The van der Waals surface area contributed by atoms with Crippen LogP contribution in [0.3, 0.4) is 0 Å². The van der Waals surface area contributed by atoms with Crippen molar-refractivity contribution in [2.24, 2.45) is 0 Å². The first kappa shape index (κ1) is 44.2. The van der Waals surface area contributed by atoms with Crippen LogP contribution >= 0.6 is 0 Å². The minimum Gasteiger partial charge on any atom is -0.493 e. The Morgan fingerprint density at radius 3 is 2.58 bits per heavy atom. The van der Waals surface area contributed by atoms with E-state index in [4.69, 9.17) is 19.2 Å². The van der Waals surface area contributed by atoms with Crippen molar-refractivity contribution in [3.63, 3.8) is 0 Å². The van der Waals surface area contributed by atoms with Gasteiger partial charge >= 0.3 is 0 Å². The number of carbonyl (C=O) groups is 6. The molecule has 336 valence electrons. The number of imidazole rings is 1. The van der Waals surface area contributed by atoms with Crippen molar-refractivity contribution in [1.29, 1.82) is 0 Å². The van der Waals surface area contributed by atoms with Gasteiger partial charge in [-0.1, -0.05) is 18.2 Å². The topological polar surface area (TPSA) is 220 Å². The SMILES string of the molecule is Cc1c(CO)cc(C(=O)N[C@@H]2CCc3ccc(-c4cn5c(n4)CCC5)cc32)cc1OCCCNC(=O)CCOCCOCCNc1cccc2c1C(=O)N(C1CCC(=O)NC1=O)C2=O. The van der Waals surface area contributed by atoms with Crippen LogP contribution in [0.1, 0.15) is 104 Å². The molecular formula is C47H53N7O10. The Bertz CT molecular complexity index is 2440. The third-order valence-corrected chi connectivity index (χ3v) is 12.2. The number of amides is 6. The number of aromatic nitrogens is 2. The van der Waals surface area contributed by atoms with E-state index in [1.807, 2.05) is 6.92 Å². The minimum absolute atomic E-state index is 0.0451. The van der Waals surface area contributed by atoms with Gasteiger partial charge in [0, 0.05) is 61.9 Å². The van der Waals surface area contributed by atoms with Crippen LogP contribution in [0.25, 0.3) is 11.3 Å². The van der Waals surface area contributed by atoms with Crippen molar-refractivity contribution in [2.45, 2.75) is 83.5 Å². The lowest BCUT2D eigenvalue weighted by Gasteiger charge is -2.27. The molecule has 0 saturated carbocycles. The van der Waals surface area contributed by atoms with Crippen molar-refractivity contribution >= 4 is 41.1 Å². The Morgan fingerprint density at radius 2 is 1.77 bits per heavy atom. The number of fused-ring (bicyclic) bond motifs is 3. The molecular weight excluding hydrogens is 823 g/mol. The van der Waals surface area contributed by atoms with Gasteiger partial charge in [0.2, 0.25) is 17.7 Å². The number of aliphatic hydroxyl groups excluding tert-OH is 1. The Balaban J connectivity index is 0.706. The number of anilines is 1. The molecule has 1 fully saturated rings. The molecule has 17 nitrogen and oxygen atoms in total. The van der Waals surface area contributed by atoms with E-state index in [1.165, 1.54) is 11.6 Å². The summed E-state index contributed by atoms with van der Waals surface area (Å²) in [5, 5.41) is 21.5. The van der Waals surface area contributed by atoms with Crippen LogP contribution in [-0.4, -0.2) is 107 Å². The number of aliphatic hydroxyl groups is 1. The molecule has 1 saturated heterocycles. The molecule has 2 atom stereocenters. The Hall–Kier alpha value is -6.43. The van der Waals surface area contributed by atoms with Gasteiger partial charge in [-0.2, -0.15) is 0 Å². The number of piperidine rings is 1. The second-order valence-electron chi connectivity index (χ2n) is 16.4. The van der Waals surface area contributed by atoms with Crippen molar-refractivity contribution in [1.82, 2.24) is 30.4 Å². The number of hydrogen-bond donors (Lipinski definition) is 5. The van der Waals surface area contributed by atoms with E-state index in [-0.39, 0.29) is 87.9 Å². The molecule has 4 aromatic rings. The maximum Gasteiger partial charge on any atom is 0.264 e. The molecule has 4 heterocycles. The zero-order chi connectivity index (χ0) is 44.7. The van der Waals surface area contributed by atoms with Gasteiger partial charge in [0.25, 0.3) is 17.7 Å². The normalized spacial score (nSPS) is 17.6. The maximum absolute atomic E-state index is 13.6. The first-order chi connectivity index (χ1) is 31.1. The van der Waals surface area contributed by atoms with Gasteiger partial charge in [-0.05, 0) is 91.6 Å². The van der Waals surface area contributed by atoms with E-state index in [9.17, 15) is 33.9 Å². The van der Waals surface area contributed by atoms with Gasteiger partial charge in [0.15, 0.2) is 0 Å². The summed E-state index contributed by atoms with van der Waals surface area (Å²) in [4.78, 5) is 82.0. The highest BCUT2D eigenvalue weighted by molar-refractivity contribution is 6.25. The summed E-state index contributed by atoms with van der Waals surface area (Å²) >= 11 is 0. The predicted molar refractivity (Wildman–Crippen MR) is 233 cm³/mol. The van der Waals surface area contributed by atoms with Crippen LogP contribution < -0.4 is 26.0 Å². The van der Waals surface area contributed by atoms with Gasteiger partial charge in [-0.25, -0.2) is 4.98 Å². The average molecular weight is 876 g/mol. The number of benzene rings is 3. The van der Waals surface area contributed by atoms with E-state index in [0.717, 1.165) is 65.3 Å². The molecule has 6 amide bonds. The fraction of sp³-hybridized carbons (Fsp3) is 0.426. The molecule has 4 aliphatic rings. The van der Waals surface area contributed by atoms with Crippen LogP contribution in [-0.2, 0) is 49.9 Å². The Kier molecular flexibility index (Phi) is 13.8. The second kappa shape index (κ2) is 20.0. The molecule has 1 aromatic heterocycles. The summed E-state index contributed by atoms with van der Waals surface area (Å²) in [6, 6.07) is 13.5. The number of nitrogens with zero attached hydrogens (tertiary/aromatic N) is 3. The zero-order valence-corrected chi connectivity index (χ0v) is 35.8. The Labute approximate surface area is 370 Å². The lowest BCUT2D eigenvalue weighted by atomic mass is 10.0. The fourth-order valence-electron chi connectivity index (χ4n) is 8.72. The summed E-state index contributed by atoms with van der Waals surface area (Å²) in [5.74, 6) is -1.04. The molecule has 64 heavy (non-hydrogen) atoms. The highest BCUT2D eigenvalue weighted by atomic mass is 16.5. The molecule has 0 radical (unpaired) electrons. The molecule has 1 aliphatic carbocycles. The molecule has 8 rings (SSSR count). The van der Waals surface area contributed by atoms with Gasteiger partial charge in [0.1, 0.15) is 17.6 Å². The number of nitrogens with one attached hydrogen (secondary N) is 4. The van der Waals surface area contributed by atoms with Crippen molar-refractivity contribution < 1.29 is 48.1 Å². The minimum atomic E-state index is -1.04. The summed E-state index contributed by atoms with van der Waals surface area (Å²) < 4.78 is 19.5. The third-order valence-electron chi connectivity index (χ3n) is 12.2. The lowest BCUT2D eigenvalue weighted by molar-refractivity contribution is -0.136. The highest BCUT2D eigenvalue weighted by Crippen LogP contribution is 2.36.